The molecule has 8 bridgehead atoms. The van der Waals surface area contributed by atoms with Gasteiger partial charge in [0.05, 0.1) is 47.1 Å². The number of pyridine rings is 1. The normalized spacial score (nSPS) is 28.3. The second-order valence-electron chi connectivity index (χ2n) is 23.1. The molecule has 3 heterocycles. The first-order chi connectivity index (χ1) is 40.6. The van der Waals surface area contributed by atoms with E-state index in [2.05, 4.69) is 70.5 Å². The summed E-state index contributed by atoms with van der Waals surface area (Å²) in [6, 6.07) is 34.6. The second kappa shape index (κ2) is 16.5. The van der Waals surface area contributed by atoms with Gasteiger partial charge in [-0.25, -0.2) is 4.98 Å². The molecule has 8 aliphatic rings. The zero-order valence-electron chi connectivity index (χ0n) is 51.2. The molecular weight excluding hydrogens is 903 g/mol. The van der Waals surface area contributed by atoms with Gasteiger partial charge < -0.3 is 9.64 Å². The molecule has 6 nitrogen and oxygen atoms in total. The lowest BCUT2D eigenvalue weighted by Gasteiger charge is -2.69. The van der Waals surface area contributed by atoms with Crippen molar-refractivity contribution in [2.24, 2.45) is 35.5 Å². The number of fused-ring (bicyclic) bond motifs is 4. The molecule has 0 aliphatic heterocycles. The molecule has 8 fully saturated rings. The number of hydrogen-bond acceptors (Lipinski definition) is 3. The minimum absolute atomic E-state index is 0.116. The Kier molecular flexibility index (Phi) is 7.62. The minimum atomic E-state index is -0.556. The van der Waals surface area contributed by atoms with E-state index in [1.54, 1.807) is 22.8 Å². The number of benzene rings is 7. The fourth-order valence-electron chi connectivity index (χ4n) is 16.9. The number of aromatic nitrogens is 4. The van der Waals surface area contributed by atoms with Gasteiger partial charge in [0, 0.05) is 45.9 Å². The van der Waals surface area contributed by atoms with E-state index in [1.807, 2.05) is 59.2 Å². The topological polar surface area (TPSA) is 39.1 Å². The molecule has 0 saturated heterocycles. The number of ether oxygens (including phenoxy) is 1. The van der Waals surface area contributed by atoms with Crippen LogP contribution in [0, 0.1) is 41.8 Å². The van der Waals surface area contributed by atoms with E-state index in [0.717, 1.165) is 63.1 Å². The standard InChI is InChI=1S/C68H61N5O/c1-3-13-51(14-4-1)57-20-12-21-58(52-15-5-2-6-16-52)66(57)71-44-70(62-23-9-10-24-63(62)71)53-17-11-18-55(35-53)74-56-25-26-60-59-19-7-8-22-61(59)72(64(60)37-56)65-36-54(27-28-69-65)73(67-38-45-29-46(39-67)31-47(30-45)40-67)68-41-48-32-49(42-68)34-50(33-48)43-68/h1-28,35-37,45-50H,29-34,38-43H2/i1D,2D,3D,4D,5D,6D,13D,14D,15D,16D. The van der Waals surface area contributed by atoms with Crippen LogP contribution in [0.2, 0.25) is 0 Å². The fourth-order valence-corrected chi connectivity index (χ4v) is 16.9. The Morgan fingerprint density at radius 1 is 0.541 bits per heavy atom. The summed E-state index contributed by atoms with van der Waals surface area (Å²) >= 11 is 0. The Hall–Kier alpha value is -7.44. The van der Waals surface area contributed by atoms with Crippen LogP contribution in [0.25, 0.3) is 72.3 Å². The largest absolute Gasteiger partial charge is 0.458 e. The zero-order chi connectivity index (χ0) is 57.2. The summed E-state index contributed by atoms with van der Waals surface area (Å²) in [5, 5.41) is 2.24. The van der Waals surface area contributed by atoms with Gasteiger partial charge in [-0.3, -0.25) is 13.7 Å². The number of para-hydroxylation sites is 4. The molecule has 0 unspecified atom stereocenters. The molecule has 0 spiro atoms. The van der Waals surface area contributed by atoms with Crippen molar-refractivity contribution in [3.05, 3.63) is 194 Å². The maximum absolute atomic E-state index is 9.11. The summed E-state index contributed by atoms with van der Waals surface area (Å²) in [7, 11) is 0. The maximum Gasteiger partial charge on any atom is 0.269 e. The van der Waals surface area contributed by atoms with Crippen LogP contribution in [0.5, 0.6) is 11.5 Å². The summed E-state index contributed by atoms with van der Waals surface area (Å²) in [4.78, 5) is 8.36. The molecule has 3 aromatic heterocycles. The van der Waals surface area contributed by atoms with E-state index in [1.165, 1.54) is 82.7 Å². The molecule has 74 heavy (non-hydrogen) atoms. The lowest BCUT2D eigenvalue weighted by molar-refractivity contribution is -0.571. The van der Waals surface area contributed by atoms with Crippen LogP contribution in [0.3, 0.4) is 0 Å². The highest BCUT2D eigenvalue weighted by molar-refractivity contribution is 6.09. The van der Waals surface area contributed by atoms with E-state index >= 15 is 0 Å². The smallest absolute Gasteiger partial charge is 0.269 e. The van der Waals surface area contributed by atoms with Gasteiger partial charge in [-0.05, 0) is 177 Å². The Morgan fingerprint density at radius 2 is 1.09 bits per heavy atom. The molecular formula is C68H61N5O. The van der Waals surface area contributed by atoms with E-state index in [4.69, 9.17) is 23.4 Å². The van der Waals surface area contributed by atoms with Crippen LogP contribution >= 0.6 is 0 Å². The highest BCUT2D eigenvalue weighted by Crippen LogP contribution is 2.65. The van der Waals surface area contributed by atoms with Crippen molar-refractivity contribution < 1.29 is 23.0 Å². The third-order valence-electron chi connectivity index (χ3n) is 18.5. The van der Waals surface area contributed by atoms with Crippen LogP contribution in [0.4, 0.5) is 5.69 Å². The van der Waals surface area contributed by atoms with E-state index in [-0.39, 0.29) is 39.0 Å². The molecule has 0 amide bonds. The van der Waals surface area contributed by atoms with Gasteiger partial charge in [0.15, 0.2) is 0 Å². The fraction of sp³-hybridized carbons (Fsp3) is 0.294. The molecule has 8 saturated carbocycles. The molecule has 0 atom stereocenters. The van der Waals surface area contributed by atoms with Crippen molar-refractivity contribution in [2.45, 2.75) is 88.1 Å². The average molecular weight is 974 g/mol. The van der Waals surface area contributed by atoms with Crippen molar-refractivity contribution in [3.63, 3.8) is 0 Å². The highest BCUT2D eigenvalue weighted by atomic mass is 16.5. The first-order valence-electron chi connectivity index (χ1n) is 32.0. The number of rotatable bonds is 10. The molecule has 0 radical (unpaired) electrons. The highest BCUT2D eigenvalue weighted by Gasteiger charge is 2.62. The number of imidazole rings is 1. The quantitative estimate of drug-likeness (QED) is 0.101. The Labute approximate surface area is 447 Å². The van der Waals surface area contributed by atoms with Crippen molar-refractivity contribution >= 4 is 38.5 Å². The summed E-state index contributed by atoms with van der Waals surface area (Å²) in [6.45, 7) is 0. The predicted octanol–water partition coefficient (Wildman–Crippen LogP) is 16.1. The Balaban J connectivity index is 0.808. The molecule has 10 aromatic rings. The van der Waals surface area contributed by atoms with Crippen LogP contribution in [-0.2, 0) is 0 Å². The monoisotopic (exact) mass is 974 g/mol. The molecule has 7 aromatic carbocycles. The summed E-state index contributed by atoms with van der Waals surface area (Å²) < 4.78 is 101. The van der Waals surface area contributed by atoms with Gasteiger partial charge in [0.25, 0.3) is 6.33 Å². The number of anilines is 1. The Bertz CT molecular complexity index is 4170. The molecule has 8 aliphatic carbocycles. The minimum Gasteiger partial charge on any atom is -0.458 e. The molecule has 364 valence electrons. The number of nitrogens with zero attached hydrogens (tertiary/aromatic N) is 5. The summed E-state index contributed by atoms with van der Waals surface area (Å²) in [5.41, 5.74) is 6.02. The van der Waals surface area contributed by atoms with Crippen LogP contribution in [-0.4, -0.2) is 25.2 Å². The second-order valence-corrected chi connectivity index (χ2v) is 23.1. The first kappa shape index (κ1) is 34.1. The zero-order valence-corrected chi connectivity index (χ0v) is 41.2. The van der Waals surface area contributed by atoms with Crippen molar-refractivity contribution in [1.82, 2.24) is 14.1 Å². The number of hydrogen-bond donors (Lipinski definition) is 0. The van der Waals surface area contributed by atoms with Crippen molar-refractivity contribution in [3.8, 4) is 50.9 Å². The molecule has 18 rings (SSSR count). The SMILES string of the molecule is [2H]c1c([2H])c([2H])c(-c2cccc(-c3c([2H])c([2H])c([2H])c([2H])c3[2H])c2-[n+]2[c-]n(-c3cccc(Oc4ccc5c6ccccc6n(-c6cc(N(C78CC9CC(CC(C9)C7)C8)C78CC9CC(CC(C9)C7)C8)ccn6)c5c4)c3)c3ccccc32)c([2H])c1[2H]. The average Bonchev–Trinajstić information content (AvgIpc) is 1.24. The lowest BCUT2D eigenvalue weighted by Crippen LogP contribution is -2.71. The molecule has 0 N–H and O–H groups in total. The van der Waals surface area contributed by atoms with Crippen molar-refractivity contribution in [2.75, 3.05) is 4.90 Å². The Morgan fingerprint density at radius 3 is 1.73 bits per heavy atom. The van der Waals surface area contributed by atoms with Gasteiger partial charge in [0.2, 0.25) is 0 Å². The summed E-state index contributed by atoms with van der Waals surface area (Å²) in [6.07, 6.45) is 22.0. The van der Waals surface area contributed by atoms with Gasteiger partial charge in [-0.2, -0.15) is 0 Å². The third kappa shape index (κ3) is 6.82. The van der Waals surface area contributed by atoms with E-state index in [9.17, 15) is 0 Å². The third-order valence-corrected chi connectivity index (χ3v) is 18.5. The van der Waals surface area contributed by atoms with Gasteiger partial charge in [0.1, 0.15) is 17.3 Å². The molecule has 6 heteroatoms. The van der Waals surface area contributed by atoms with Crippen LogP contribution < -0.4 is 14.2 Å². The lowest BCUT2D eigenvalue weighted by atomic mass is 9.48. The van der Waals surface area contributed by atoms with Gasteiger partial charge in [-0.1, -0.05) is 127 Å². The first-order valence-corrected chi connectivity index (χ1v) is 27.0. The van der Waals surface area contributed by atoms with Crippen LogP contribution in [0.15, 0.2) is 188 Å². The van der Waals surface area contributed by atoms with E-state index in [0.29, 0.717) is 28.2 Å². The van der Waals surface area contributed by atoms with Gasteiger partial charge in [-0.15, -0.1) is 0 Å². The maximum atomic E-state index is 9.11. The predicted molar refractivity (Wildman–Crippen MR) is 297 cm³/mol. The van der Waals surface area contributed by atoms with Gasteiger partial charge >= 0.3 is 0 Å². The van der Waals surface area contributed by atoms with Crippen LogP contribution in [0.1, 0.15) is 90.8 Å². The van der Waals surface area contributed by atoms with E-state index < -0.39 is 60.4 Å². The summed E-state index contributed by atoms with van der Waals surface area (Å²) in [5.74, 6) is 7.09. The van der Waals surface area contributed by atoms with Crippen molar-refractivity contribution in [1.29, 1.82) is 0 Å².